The molecule has 3 aromatic rings. The van der Waals surface area contributed by atoms with Crippen LogP contribution in [-0.4, -0.2) is 52.8 Å². The lowest BCUT2D eigenvalue weighted by atomic mass is 9.74. The Kier molecular flexibility index (Phi) is 9.17. The van der Waals surface area contributed by atoms with Crippen LogP contribution in [0.3, 0.4) is 0 Å². The third kappa shape index (κ3) is 7.34. The molecule has 2 atom stereocenters. The van der Waals surface area contributed by atoms with E-state index in [0.717, 1.165) is 16.7 Å². The van der Waals surface area contributed by atoms with Crippen molar-refractivity contribution in [3.8, 4) is 11.1 Å². The number of carbonyl (C=O) groups excluding carboxylic acids is 2. The van der Waals surface area contributed by atoms with Gasteiger partial charge in [-0.15, -0.1) is 0 Å². The number of oxime groups is 1. The third-order valence-electron chi connectivity index (χ3n) is 6.69. The van der Waals surface area contributed by atoms with Gasteiger partial charge in [-0.2, -0.15) is 0 Å². The van der Waals surface area contributed by atoms with Gasteiger partial charge in [0, 0.05) is 18.4 Å². The van der Waals surface area contributed by atoms with Crippen LogP contribution in [0.15, 0.2) is 90.1 Å². The Labute approximate surface area is 229 Å². The number of nitrogens with zero attached hydrogens (tertiary/aromatic N) is 1. The van der Waals surface area contributed by atoms with Gasteiger partial charge in [-0.05, 0) is 41.2 Å². The van der Waals surface area contributed by atoms with E-state index in [2.05, 4.69) is 15.8 Å². The van der Waals surface area contributed by atoms with Crippen molar-refractivity contribution in [3.05, 3.63) is 96.1 Å². The van der Waals surface area contributed by atoms with Crippen molar-refractivity contribution in [3.63, 3.8) is 0 Å². The Morgan fingerprint density at radius 3 is 2.18 bits per heavy atom. The monoisotopic (exact) mass is 527 g/mol. The van der Waals surface area contributed by atoms with Crippen molar-refractivity contribution in [1.29, 1.82) is 0 Å². The van der Waals surface area contributed by atoms with Gasteiger partial charge in [0.1, 0.15) is 0 Å². The molecule has 3 aromatic carbocycles. The van der Waals surface area contributed by atoms with Crippen molar-refractivity contribution in [2.75, 3.05) is 6.54 Å². The number of amides is 2. The second-order valence-electron chi connectivity index (χ2n) is 10.3. The van der Waals surface area contributed by atoms with Crippen LogP contribution >= 0.6 is 0 Å². The summed E-state index contributed by atoms with van der Waals surface area (Å²) in [6, 6.07) is 26.7. The predicted molar refractivity (Wildman–Crippen MR) is 152 cm³/mol. The van der Waals surface area contributed by atoms with Gasteiger partial charge in [0.05, 0.1) is 18.2 Å². The van der Waals surface area contributed by atoms with Crippen LogP contribution in [0.25, 0.3) is 11.1 Å². The highest BCUT2D eigenvalue weighted by molar-refractivity contribution is 6.43. The SMILES string of the molecule is CC(C)CC(NC(=O)C1(Cc2ccccc2)CC(CNC(=O)c2ccc(-c3ccccc3)cc2)=NO1)B(O)O. The average molecular weight is 527 g/mol. The quantitative estimate of drug-likeness (QED) is 0.285. The van der Waals surface area contributed by atoms with Gasteiger partial charge >= 0.3 is 7.12 Å². The Hall–Kier alpha value is -3.95. The number of benzene rings is 3. The molecule has 9 heteroatoms. The maximum absolute atomic E-state index is 13.5. The lowest BCUT2D eigenvalue weighted by molar-refractivity contribution is -0.144. The summed E-state index contributed by atoms with van der Waals surface area (Å²) >= 11 is 0. The van der Waals surface area contributed by atoms with E-state index in [4.69, 9.17) is 4.84 Å². The van der Waals surface area contributed by atoms with Crippen molar-refractivity contribution in [1.82, 2.24) is 10.6 Å². The minimum atomic E-state index is -1.71. The van der Waals surface area contributed by atoms with Crippen LogP contribution in [0, 0.1) is 5.92 Å². The van der Waals surface area contributed by atoms with Gasteiger partial charge in [0.2, 0.25) is 5.60 Å². The van der Waals surface area contributed by atoms with Crippen LogP contribution in [0.4, 0.5) is 0 Å². The van der Waals surface area contributed by atoms with E-state index < -0.39 is 24.6 Å². The molecule has 0 spiro atoms. The Bertz CT molecular complexity index is 1280. The van der Waals surface area contributed by atoms with E-state index in [1.54, 1.807) is 12.1 Å². The van der Waals surface area contributed by atoms with Crippen LogP contribution in [0.1, 0.15) is 42.6 Å². The first kappa shape index (κ1) is 28.1. The maximum Gasteiger partial charge on any atom is 0.475 e. The molecule has 2 unspecified atom stereocenters. The van der Waals surface area contributed by atoms with E-state index in [0.29, 0.717) is 17.7 Å². The molecule has 0 bridgehead atoms. The molecule has 202 valence electrons. The van der Waals surface area contributed by atoms with Gasteiger partial charge in [0.25, 0.3) is 11.8 Å². The molecule has 0 saturated heterocycles. The Morgan fingerprint density at radius 1 is 0.949 bits per heavy atom. The molecular formula is C30H34BN3O5. The van der Waals surface area contributed by atoms with Crippen LogP contribution in [0.5, 0.6) is 0 Å². The number of nitrogens with one attached hydrogen (secondary N) is 2. The topological polar surface area (TPSA) is 120 Å². The van der Waals surface area contributed by atoms with Gasteiger partial charge < -0.3 is 25.5 Å². The summed E-state index contributed by atoms with van der Waals surface area (Å²) in [6.45, 7) is 3.99. The molecule has 0 saturated carbocycles. The summed E-state index contributed by atoms with van der Waals surface area (Å²) in [5.41, 5.74) is 2.61. The zero-order valence-electron chi connectivity index (χ0n) is 22.2. The van der Waals surface area contributed by atoms with Crippen LogP contribution in [-0.2, 0) is 16.1 Å². The summed E-state index contributed by atoms with van der Waals surface area (Å²) < 4.78 is 0. The molecule has 1 aliphatic rings. The smallest absolute Gasteiger partial charge is 0.426 e. The van der Waals surface area contributed by atoms with Gasteiger partial charge in [-0.25, -0.2) is 0 Å². The fourth-order valence-electron chi connectivity index (χ4n) is 4.66. The molecule has 0 aliphatic carbocycles. The van der Waals surface area contributed by atoms with E-state index in [-0.39, 0.29) is 31.2 Å². The lowest BCUT2D eigenvalue weighted by Gasteiger charge is -2.29. The predicted octanol–water partition coefficient (Wildman–Crippen LogP) is 3.38. The molecule has 8 nitrogen and oxygen atoms in total. The molecule has 4 rings (SSSR count). The molecule has 0 fully saturated rings. The highest BCUT2D eigenvalue weighted by Crippen LogP contribution is 2.29. The second kappa shape index (κ2) is 12.7. The average Bonchev–Trinajstić information content (AvgIpc) is 3.36. The maximum atomic E-state index is 13.5. The van der Waals surface area contributed by atoms with Crippen molar-refractivity contribution in [2.45, 2.75) is 44.7 Å². The molecule has 1 heterocycles. The normalized spacial score (nSPS) is 17.2. The lowest BCUT2D eigenvalue weighted by Crippen LogP contribution is -2.56. The zero-order chi connectivity index (χ0) is 27.8. The van der Waals surface area contributed by atoms with Crippen molar-refractivity contribution in [2.24, 2.45) is 11.1 Å². The fourth-order valence-corrected chi connectivity index (χ4v) is 4.66. The standard InChI is InChI=1S/C30H34BN3O5/c1-21(2)17-27(31(37)38)33-29(36)30(18-22-9-5-3-6-10-22)19-26(34-39-30)20-32-28(35)25-15-13-24(14-16-25)23-11-7-4-8-12-23/h3-16,21,27,37-38H,17-20H2,1-2H3,(H,32,35)(H,33,36). The van der Waals surface area contributed by atoms with E-state index in [1.165, 1.54) is 0 Å². The molecular weight excluding hydrogens is 493 g/mol. The number of rotatable bonds is 11. The second-order valence-corrected chi connectivity index (χ2v) is 10.3. The molecule has 0 aromatic heterocycles. The molecule has 0 radical (unpaired) electrons. The Morgan fingerprint density at radius 2 is 1.56 bits per heavy atom. The molecule has 2 amide bonds. The summed E-state index contributed by atoms with van der Waals surface area (Å²) in [5.74, 6) is -1.46. The third-order valence-corrected chi connectivity index (χ3v) is 6.69. The van der Waals surface area contributed by atoms with Crippen molar-refractivity contribution < 1.29 is 24.5 Å². The van der Waals surface area contributed by atoms with Crippen LogP contribution in [0.2, 0.25) is 0 Å². The molecule has 4 N–H and O–H groups in total. The summed E-state index contributed by atoms with van der Waals surface area (Å²) in [6.07, 6.45) is 0.770. The first-order valence-electron chi connectivity index (χ1n) is 13.1. The van der Waals surface area contributed by atoms with Gasteiger partial charge in [-0.1, -0.05) is 91.8 Å². The summed E-state index contributed by atoms with van der Waals surface area (Å²) in [5, 5.41) is 29.5. The summed E-state index contributed by atoms with van der Waals surface area (Å²) in [7, 11) is -1.71. The highest BCUT2D eigenvalue weighted by Gasteiger charge is 2.48. The largest absolute Gasteiger partial charge is 0.475 e. The van der Waals surface area contributed by atoms with Gasteiger partial charge in [0.15, 0.2) is 0 Å². The first-order chi connectivity index (χ1) is 18.8. The Balaban J connectivity index is 1.42. The molecule has 1 aliphatic heterocycles. The van der Waals surface area contributed by atoms with E-state index in [1.807, 2.05) is 86.6 Å². The van der Waals surface area contributed by atoms with E-state index in [9.17, 15) is 19.6 Å². The number of hydrogen-bond acceptors (Lipinski definition) is 6. The highest BCUT2D eigenvalue weighted by atomic mass is 16.7. The number of carbonyl (C=O) groups is 2. The van der Waals surface area contributed by atoms with Crippen LogP contribution < -0.4 is 10.6 Å². The minimum Gasteiger partial charge on any atom is -0.426 e. The zero-order valence-corrected chi connectivity index (χ0v) is 22.2. The van der Waals surface area contributed by atoms with Gasteiger partial charge in [-0.3, -0.25) is 9.59 Å². The first-order valence-corrected chi connectivity index (χ1v) is 13.1. The minimum absolute atomic E-state index is 0.112. The number of hydrogen-bond donors (Lipinski definition) is 4. The van der Waals surface area contributed by atoms with Crippen molar-refractivity contribution >= 4 is 24.6 Å². The van der Waals surface area contributed by atoms with E-state index >= 15 is 0 Å². The summed E-state index contributed by atoms with van der Waals surface area (Å²) in [4.78, 5) is 32.1. The molecule has 39 heavy (non-hydrogen) atoms. The fraction of sp³-hybridized carbons (Fsp3) is 0.300.